The van der Waals surface area contributed by atoms with E-state index in [0.29, 0.717) is 11.3 Å². The Kier molecular flexibility index (Phi) is 1.90. The molecule has 0 unspecified atom stereocenters. The molecule has 3 rings (SSSR count). The predicted molar refractivity (Wildman–Crippen MR) is 62.3 cm³/mol. The first-order valence-corrected chi connectivity index (χ1v) is 5.06. The summed E-state index contributed by atoms with van der Waals surface area (Å²) in [6, 6.07) is 14.9. The van der Waals surface area contributed by atoms with Gasteiger partial charge in [-0.15, -0.1) is 0 Å². The number of amides is 1. The molecule has 77 valence electrons. The number of para-hydroxylation sites is 3. The largest absolute Gasteiger partial charge is 0.320 e. The summed E-state index contributed by atoms with van der Waals surface area (Å²) in [6.07, 6.45) is 0. The summed E-state index contributed by atoms with van der Waals surface area (Å²) in [5.41, 5.74) is 2.87. The molecule has 16 heavy (non-hydrogen) atoms. The highest BCUT2D eigenvalue weighted by molar-refractivity contribution is 6.10. The molecule has 1 aliphatic rings. The van der Waals surface area contributed by atoms with Gasteiger partial charge in [0.1, 0.15) is 0 Å². The van der Waals surface area contributed by atoms with Crippen LogP contribution in [0.3, 0.4) is 0 Å². The third-order valence-electron chi connectivity index (χ3n) is 2.54. The number of hydrogen-bond acceptors (Lipinski definition) is 1. The Morgan fingerprint density at radius 1 is 0.875 bits per heavy atom. The van der Waals surface area contributed by atoms with Crippen molar-refractivity contribution < 1.29 is 4.79 Å². The Bertz CT molecular complexity index is 563. The molecule has 0 aliphatic carbocycles. The van der Waals surface area contributed by atoms with Crippen molar-refractivity contribution in [3.63, 3.8) is 0 Å². The molecule has 1 heterocycles. The number of nitrogens with one attached hydrogen (secondary N) is 1. The lowest BCUT2D eigenvalue weighted by atomic mass is 10.1. The smallest absolute Gasteiger partial charge is 0.257 e. The zero-order valence-corrected chi connectivity index (χ0v) is 8.47. The number of carbonyl (C=O) groups is 1. The molecular weight excluding hydrogens is 200 g/mol. The van der Waals surface area contributed by atoms with Crippen molar-refractivity contribution in [3.8, 4) is 0 Å². The van der Waals surface area contributed by atoms with Gasteiger partial charge in [0.25, 0.3) is 5.91 Å². The van der Waals surface area contributed by atoms with Gasteiger partial charge in [0.05, 0.1) is 22.6 Å². The van der Waals surface area contributed by atoms with Gasteiger partial charge < -0.3 is 5.32 Å². The Morgan fingerprint density at radius 3 is 2.44 bits per heavy atom. The summed E-state index contributed by atoms with van der Waals surface area (Å²) in [6.45, 7) is 0. The first-order chi connectivity index (χ1) is 7.84. The lowest BCUT2D eigenvalue weighted by Crippen LogP contribution is -2.10. The number of anilines is 1. The molecule has 1 N–H and O–H groups in total. The Hall–Kier alpha value is -2.29. The van der Waals surface area contributed by atoms with Crippen LogP contribution in [0.15, 0.2) is 48.5 Å². The highest BCUT2D eigenvalue weighted by atomic mass is 16.1. The molecule has 3 nitrogen and oxygen atoms in total. The van der Waals surface area contributed by atoms with E-state index in [0.717, 1.165) is 11.4 Å². The van der Waals surface area contributed by atoms with Crippen molar-refractivity contribution >= 4 is 23.0 Å². The third-order valence-corrected chi connectivity index (χ3v) is 2.54. The number of rotatable bonds is 0. The summed E-state index contributed by atoms with van der Waals surface area (Å²) in [7, 11) is 0. The van der Waals surface area contributed by atoms with Crippen molar-refractivity contribution in [2.75, 3.05) is 5.32 Å². The summed E-state index contributed by atoms with van der Waals surface area (Å²) >= 11 is 0. The minimum atomic E-state index is -0.107. The molecule has 2 aromatic rings. The maximum absolute atomic E-state index is 11.9. The van der Waals surface area contributed by atoms with Gasteiger partial charge in [-0.05, 0) is 24.3 Å². The van der Waals surface area contributed by atoms with Crippen molar-refractivity contribution in [1.29, 1.82) is 0 Å². The minimum absolute atomic E-state index is 0.107. The van der Waals surface area contributed by atoms with Gasteiger partial charge in [-0.2, -0.15) is 0 Å². The maximum atomic E-state index is 11.9. The predicted octanol–water partition coefficient (Wildman–Crippen LogP) is 2.82. The molecule has 1 aliphatic heterocycles. The van der Waals surface area contributed by atoms with E-state index in [1.165, 1.54) is 0 Å². The molecule has 0 fully saturated rings. The average molecular weight is 209 g/mol. The van der Waals surface area contributed by atoms with Crippen LogP contribution in [-0.2, 0) is 0 Å². The number of hydrogen-bond donors (Lipinski definition) is 1. The van der Waals surface area contributed by atoms with Crippen LogP contribution < -0.4 is 10.6 Å². The quantitative estimate of drug-likeness (QED) is 0.712. The Labute approximate surface area is 93.1 Å². The van der Waals surface area contributed by atoms with Crippen LogP contribution in [-0.4, -0.2) is 5.91 Å². The summed E-state index contributed by atoms with van der Waals surface area (Å²) in [5.74, 6) is -0.107. The minimum Gasteiger partial charge on any atom is -0.320 e. The summed E-state index contributed by atoms with van der Waals surface area (Å²) in [4.78, 5) is 11.9. The van der Waals surface area contributed by atoms with Crippen LogP contribution in [0.1, 0.15) is 10.4 Å². The van der Waals surface area contributed by atoms with E-state index in [1.54, 1.807) is 6.07 Å². The van der Waals surface area contributed by atoms with Crippen LogP contribution in [0.2, 0.25) is 0 Å². The fourth-order valence-corrected chi connectivity index (χ4v) is 1.76. The van der Waals surface area contributed by atoms with E-state index in [-0.39, 0.29) is 5.91 Å². The van der Waals surface area contributed by atoms with E-state index in [4.69, 9.17) is 0 Å². The van der Waals surface area contributed by atoms with Crippen LogP contribution in [0.25, 0.3) is 0 Å². The molecule has 0 bridgehead atoms. The third kappa shape index (κ3) is 1.34. The Balaban J connectivity index is 2.18. The Morgan fingerprint density at radius 2 is 1.56 bits per heavy atom. The fourth-order valence-electron chi connectivity index (χ4n) is 1.76. The molecule has 1 radical (unpaired) electrons. The van der Waals surface area contributed by atoms with Gasteiger partial charge in [-0.25, -0.2) is 5.32 Å². The lowest BCUT2D eigenvalue weighted by molar-refractivity contribution is 0.102. The molecule has 0 saturated heterocycles. The first-order valence-electron chi connectivity index (χ1n) is 5.06. The van der Waals surface area contributed by atoms with E-state index in [1.807, 2.05) is 42.5 Å². The first kappa shape index (κ1) is 8.97. The van der Waals surface area contributed by atoms with E-state index in [9.17, 15) is 4.79 Å². The summed E-state index contributed by atoms with van der Waals surface area (Å²) < 4.78 is 0. The van der Waals surface area contributed by atoms with Crippen molar-refractivity contribution in [3.05, 3.63) is 54.1 Å². The second kappa shape index (κ2) is 3.38. The van der Waals surface area contributed by atoms with Gasteiger partial charge in [0.15, 0.2) is 0 Å². The van der Waals surface area contributed by atoms with Crippen LogP contribution >= 0.6 is 0 Å². The van der Waals surface area contributed by atoms with Crippen LogP contribution in [0.4, 0.5) is 17.1 Å². The second-order valence-electron chi connectivity index (χ2n) is 3.60. The zero-order chi connectivity index (χ0) is 11.0. The van der Waals surface area contributed by atoms with E-state index in [2.05, 4.69) is 10.6 Å². The van der Waals surface area contributed by atoms with Gasteiger partial charge in [-0.1, -0.05) is 24.3 Å². The second-order valence-corrected chi connectivity index (χ2v) is 3.60. The highest BCUT2D eigenvalue weighted by Gasteiger charge is 2.18. The topological polar surface area (TPSA) is 43.2 Å². The SMILES string of the molecule is O=C1Nc2ccccc2[N]c2ccccc21. The van der Waals surface area contributed by atoms with Crippen molar-refractivity contribution in [1.82, 2.24) is 5.32 Å². The van der Waals surface area contributed by atoms with Gasteiger partial charge in [0, 0.05) is 0 Å². The van der Waals surface area contributed by atoms with E-state index < -0.39 is 0 Å². The van der Waals surface area contributed by atoms with Gasteiger partial charge in [-0.3, -0.25) is 4.79 Å². The number of carbonyl (C=O) groups excluding carboxylic acids is 1. The molecule has 0 aromatic heterocycles. The lowest BCUT2D eigenvalue weighted by Gasteiger charge is -2.03. The molecule has 3 heteroatoms. The highest BCUT2D eigenvalue weighted by Crippen LogP contribution is 2.31. The van der Waals surface area contributed by atoms with Crippen LogP contribution in [0, 0.1) is 0 Å². The van der Waals surface area contributed by atoms with Gasteiger partial charge in [0.2, 0.25) is 0 Å². The zero-order valence-electron chi connectivity index (χ0n) is 8.47. The van der Waals surface area contributed by atoms with E-state index >= 15 is 0 Å². The number of benzene rings is 2. The number of fused-ring (bicyclic) bond motifs is 2. The standard InChI is InChI=1S/C13H9N2O/c16-13-9-5-1-2-6-10(9)14-11-7-3-4-8-12(11)15-13/h1-8H,(H,15,16). The monoisotopic (exact) mass is 209 g/mol. The molecule has 0 saturated carbocycles. The average Bonchev–Trinajstić information content (AvgIpc) is 2.45. The molecule has 1 amide bonds. The number of nitrogens with zero attached hydrogens (tertiary/aromatic N) is 1. The molecule has 2 aromatic carbocycles. The molecule has 0 atom stereocenters. The maximum Gasteiger partial charge on any atom is 0.257 e. The van der Waals surface area contributed by atoms with Gasteiger partial charge >= 0.3 is 0 Å². The van der Waals surface area contributed by atoms with Crippen molar-refractivity contribution in [2.24, 2.45) is 0 Å². The summed E-state index contributed by atoms with van der Waals surface area (Å²) in [5, 5.41) is 7.32. The fraction of sp³-hybridized carbons (Fsp3) is 0. The molecule has 0 spiro atoms. The normalized spacial score (nSPS) is 12.9. The molecular formula is C13H9N2O. The van der Waals surface area contributed by atoms with Crippen LogP contribution in [0.5, 0.6) is 0 Å². The van der Waals surface area contributed by atoms with Crippen molar-refractivity contribution in [2.45, 2.75) is 0 Å².